The first-order valence-electron chi connectivity index (χ1n) is 3.64. The number of nitrogens with one attached hydrogen (secondary N) is 1. The number of halogens is 2. The van der Waals surface area contributed by atoms with E-state index in [9.17, 15) is 4.79 Å². The number of rotatable bonds is 3. The van der Waals surface area contributed by atoms with Crippen LogP contribution >= 0.6 is 23.2 Å². The summed E-state index contributed by atoms with van der Waals surface area (Å²) in [6.07, 6.45) is 0. The highest BCUT2D eigenvalue weighted by molar-refractivity contribution is 6.42. The summed E-state index contributed by atoms with van der Waals surface area (Å²) in [4.78, 5) is 10.6. The molecule has 14 heavy (non-hydrogen) atoms. The number of benzene rings is 1. The van der Waals surface area contributed by atoms with Crippen LogP contribution < -0.4 is 10.2 Å². The second kappa shape index (κ2) is 5.05. The molecule has 0 heterocycles. The second-order valence-electron chi connectivity index (χ2n) is 2.40. The number of ether oxygens (including phenoxy) is 1. The van der Waals surface area contributed by atoms with E-state index in [4.69, 9.17) is 33.1 Å². The smallest absolute Gasteiger partial charge is 0.281 e. The summed E-state index contributed by atoms with van der Waals surface area (Å²) in [6, 6.07) is 4.60. The first-order chi connectivity index (χ1) is 6.63. The lowest BCUT2D eigenvalue weighted by molar-refractivity contribution is -0.131. The van der Waals surface area contributed by atoms with Crippen molar-refractivity contribution in [2.24, 2.45) is 0 Å². The van der Waals surface area contributed by atoms with Crippen LogP contribution in [0.5, 0.6) is 5.75 Å². The van der Waals surface area contributed by atoms with Crippen LogP contribution in [0.2, 0.25) is 10.0 Å². The first-order valence-corrected chi connectivity index (χ1v) is 4.40. The van der Waals surface area contributed by atoms with Crippen molar-refractivity contribution < 1.29 is 14.7 Å². The summed E-state index contributed by atoms with van der Waals surface area (Å²) in [7, 11) is 0. The maximum atomic E-state index is 10.6. The van der Waals surface area contributed by atoms with Gasteiger partial charge in [0.05, 0.1) is 10.0 Å². The molecule has 4 nitrogen and oxygen atoms in total. The zero-order chi connectivity index (χ0) is 10.6. The van der Waals surface area contributed by atoms with Crippen molar-refractivity contribution in [3.63, 3.8) is 0 Å². The lowest BCUT2D eigenvalue weighted by Crippen LogP contribution is -2.25. The van der Waals surface area contributed by atoms with Gasteiger partial charge in [0.15, 0.2) is 6.61 Å². The third kappa shape index (κ3) is 3.06. The zero-order valence-corrected chi connectivity index (χ0v) is 8.47. The molecule has 0 atom stereocenters. The summed E-state index contributed by atoms with van der Waals surface area (Å²) < 4.78 is 4.98. The van der Waals surface area contributed by atoms with E-state index in [2.05, 4.69) is 0 Å². The van der Waals surface area contributed by atoms with E-state index in [1.807, 2.05) is 0 Å². The standard InChI is InChI=1S/C8H7Cl2NO3/c9-6-2-1-5(3-7(6)10)14-4-8(12)11-13/h1-3,13H,4H2,(H,11,12). The van der Waals surface area contributed by atoms with Gasteiger partial charge in [-0.15, -0.1) is 0 Å². The van der Waals surface area contributed by atoms with Crippen LogP contribution in [0.3, 0.4) is 0 Å². The van der Waals surface area contributed by atoms with Gasteiger partial charge in [0, 0.05) is 6.07 Å². The maximum absolute atomic E-state index is 10.6. The molecule has 0 bridgehead atoms. The average molecular weight is 236 g/mol. The summed E-state index contributed by atoms with van der Waals surface area (Å²) in [6.45, 7) is -0.283. The molecule has 1 aromatic rings. The summed E-state index contributed by atoms with van der Waals surface area (Å²) in [5.41, 5.74) is 1.44. The van der Waals surface area contributed by atoms with Crippen molar-refractivity contribution in [2.75, 3.05) is 6.61 Å². The van der Waals surface area contributed by atoms with Crippen molar-refractivity contribution in [3.05, 3.63) is 28.2 Å². The Labute approximate surface area is 90.3 Å². The molecule has 6 heteroatoms. The van der Waals surface area contributed by atoms with Crippen molar-refractivity contribution in [1.82, 2.24) is 5.48 Å². The van der Waals surface area contributed by atoms with E-state index in [-0.39, 0.29) is 6.61 Å². The molecule has 0 fully saturated rings. The first kappa shape index (κ1) is 11.1. The van der Waals surface area contributed by atoms with Gasteiger partial charge < -0.3 is 4.74 Å². The third-order valence-corrected chi connectivity index (χ3v) is 2.12. The normalized spacial score (nSPS) is 9.64. The number of hydroxylamine groups is 1. The number of amides is 1. The van der Waals surface area contributed by atoms with E-state index in [0.29, 0.717) is 15.8 Å². The Balaban J connectivity index is 2.60. The van der Waals surface area contributed by atoms with Crippen molar-refractivity contribution in [3.8, 4) is 5.75 Å². The molecule has 0 radical (unpaired) electrons. The van der Waals surface area contributed by atoms with Gasteiger partial charge in [-0.25, -0.2) is 5.48 Å². The van der Waals surface area contributed by atoms with Crippen molar-refractivity contribution in [2.45, 2.75) is 0 Å². The van der Waals surface area contributed by atoms with E-state index >= 15 is 0 Å². The lowest BCUT2D eigenvalue weighted by atomic mass is 10.3. The van der Waals surface area contributed by atoms with E-state index in [1.54, 1.807) is 12.1 Å². The average Bonchev–Trinajstić information content (AvgIpc) is 2.19. The van der Waals surface area contributed by atoms with Crippen LogP contribution in [0.25, 0.3) is 0 Å². The molecule has 0 spiro atoms. The van der Waals surface area contributed by atoms with Gasteiger partial charge in [-0.3, -0.25) is 10.0 Å². The molecule has 2 N–H and O–H groups in total. The number of carbonyl (C=O) groups is 1. The van der Waals surface area contributed by atoms with Gasteiger partial charge >= 0.3 is 0 Å². The molecular formula is C8H7Cl2NO3. The minimum atomic E-state index is -0.643. The van der Waals surface area contributed by atoms with Crippen LogP contribution in [-0.4, -0.2) is 17.7 Å². The fraction of sp³-hybridized carbons (Fsp3) is 0.125. The highest BCUT2D eigenvalue weighted by Crippen LogP contribution is 2.26. The second-order valence-corrected chi connectivity index (χ2v) is 3.21. The SMILES string of the molecule is O=C(COc1ccc(Cl)c(Cl)c1)NO. The topological polar surface area (TPSA) is 58.6 Å². The largest absolute Gasteiger partial charge is 0.484 e. The molecule has 1 amide bonds. The van der Waals surface area contributed by atoms with Gasteiger partial charge in [0.25, 0.3) is 5.91 Å². The minimum absolute atomic E-state index is 0.283. The molecule has 76 valence electrons. The molecule has 0 aliphatic heterocycles. The number of carbonyl (C=O) groups excluding carboxylic acids is 1. The molecule has 1 rings (SSSR count). The molecule has 0 aliphatic rings. The van der Waals surface area contributed by atoms with Crippen LogP contribution in [0.15, 0.2) is 18.2 Å². The summed E-state index contributed by atoms with van der Waals surface area (Å²) in [5.74, 6) is -0.237. The third-order valence-electron chi connectivity index (χ3n) is 1.39. The van der Waals surface area contributed by atoms with Gasteiger partial charge in [0.1, 0.15) is 5.75 Å². The van der Waals surface area contributed by atoms with Crippen LogP contribution in [0.1, 0.15) is 0 Å². The van der Waals surface area contributed by atoms with Gasteiger partial charge in [-0.05, 0) is 12.1 Å². The highest BCUT2D eigenvalue weighted by atomic mass is 35.5. The Hall–Kier alpha value is -0.970. The van der Waals surface area contributed by atoms with Crippen molar-refractivity contribution in [1.29, 1.82) is 0 Å². The van der Waals surface area contributed by atoms with E-state index in [0.717, 1.165) is 0 Å². The Morgan fingerprint density at radius 3 is 2.71 bits per heavy atom. The van der Waals surface area contributed by atoms with E-state index < -0.39 is 5.91 Å². The quantitative estimate of drug-likeness (QED) is 0.622. The molecule has 0 aromatic heterocycles. The van der Waals surface area contributed by atoms with Crippen molar-refractivity contribution >= 4 is 29.1 Å². The summed E-state index contributed by atoms with van der Waals surface area (Å²) in [5, 5.41) is 8.93. The summed E-state index contributed by atoms with van der Waals surface area (Å²) >= 11 is 11.4. The maximum Gasteiger partial charge on any atom is 0.281 e. The Morgan fingerprint density at radius 2 is 2.14 bits per heavy atom. The zero-order valence-electron chi connectivity index (χ0n) is 6.96. The Bertz CT molecular complexity index is 343. The fourth-order valence-corrected chi connectivity index (χ4v) is 1.04. The minimum Gasteiger partial charge on any atom is -0.484 e. The van der Waals surface area contributed by atoms with Gasteiger partial charge in [0.2, 0.25) is 0 Å². The van der Waals surface area contributed by atoms with Crippen LogP contribution in [0.4, 0.5) is 0 Å². The molecule has 1 aromatic carbocycles. The molecule has 0 aliphatic carbocycles. The Morgan fingerprint density at radius 1 is 1.43 bits per heavy atom. The van der Waals surface area contributed by atoms with Gasteiger partial charge in [-0.1, -0.05) is 23.2 Å². The number of hydrogen-bond acceptors (Lipinski definition) is 3. The molecule has 0 saturated heterocycles. The Kier molecular flexibility index (Phi) is 4.00. The fourth-order valence-electron chi connectivity index (χ4n) is 0.748. The van der Waals surface area contributed by atoms with Crippen LogP contribution in [-0.2, 0) is 4.79 Å². The van der Waals surface area contributed by atoms with Gasteiger partial charge in [-0.2, -0.15) is 0 Å². The van der Waals surface area contributed by atoms with E-state index in [1.165, 1.54) is 11.5 Å². The predicted octanol–water partition coefficient (Wildman–Crippen LogP) is 1.88. The predicted molar refractivity (Wildman–Crippen MR) is 51.9 cm³/mol. The molecular weight excluding hydrogens is 229 g/mol. The lowest BCUT2D eigenvalue weighted by Gasteiger charge is -2.05. The highest BCUT2D eigenvalue weighted by Gasteiger charge is 2.03. The monoisotopic (exact) mass is 235 g/mol. The number of hydrogen-bond donors (Lipinski definition) is 2. The molecule has 0 unspecified atom stereocenters. The molecule has 0 saturated carbocycles. The van der Waals surface area contributed by atoms with Crippen LogP contribution in [0, 0.1) is 0 Å².